The summed E-state index contributed by atoms with van der Waals surface area (Å²) in [5.74, 6) is 0.0194. The van der Waals surface area contributed by atoms with Gasteiger partial charge in [0.05, 0.1) is 5.70 Å². The Kier molecular flexibility index (Phi) is 2.58. The number of hydrogen-bond acceptors (Lipinski definition) is 3. The van der Waals surface area contributed by atoms with E-state index in [1.165, 1.54) is 12.1 Å². The van der Waals surface area contributed by atoms with Crippen molar-refractivity contribution in [2.45, 2.75) is 0 Å². The van der Waals surface area contributed by atoms with Gasteiger partial charge in [-0.15, -0.1) is 0 Å². The molecule has 0 unspecified atom stereocenters. The molecule has 0 amide bonds. The zero-order valence-corrected chi connectivity index (χ0v) is 6.97. The third kappa shape index (κ3) is 1.69. The van der Waals surface area contributed by atoms with Crippen LogP contribution in [-0.2, 0) is 0 Å². The fourth-order valence-corrected chi connectivity index (χ4v) is 0.982. The number of nitrogens with one attached hydrogen (secondary N) is 1. The van der Waals surface area contributed by atoms with E-state index in [0.29, 0.717) is 10.6 Å². The van der Waals surface area contributed by atoms with Gasteiger partial charge in [-0.3, -0.25) is 10.7 Å². The SMILES string of the molecule is C=C(NO)c1cc(Cl)ccc1O. The quantitative estimate of drug-likeness (QED) is 0.618. The van der Waals surface area contributed by atoms with E-state index in [-0.39, 0.29) is 11.4 Å². The van der Waals surface area contributed by atoms with Gasteiger partial charge in [-0.2, -0.15) is 0 Å². The van der Waals surface area contributed by atoms with E-state index in [9.17, 15) is 5.11 Å². The summed E-state index contributed by atoms with van der Waals surface area (Å²) in [5.41, 5.74) is 2.42. The molecule has 0 saturated heterocycles. The Morgan fingerprint density at radius 2 is 2.17 bits per heavy atom. The van der Waals surface area contributed by atoms with Crippen molar-refractivity contribution in [1.29, 1.82) is 0 Å². The Bertz CT molecular complexity index is 312. The van der Waals surface area contributed by atoms with Crippen LogP contribution in [0.3, 0.4) is 0 Å². The molecule has 1 aromatic carbocycles. The summed E-state index contributed by atoms with van der Waals surface area (Å²) in [6.45, 7) is 3.47. The largest absolute Gasteiger partial charge is 0.507 e. The molecule has 64 valence electrons. The smallest absolute Gasteiger partial charge is 0.125 e. The average Bonchev–Trinajstić information content (AvgIpc) is 2.08. The molecule has 3 nitrogen and oxygen atoms in total. The normalized spacial score (nSPS) is 9.50. The summed E-state index contributed by atoms with van der Waals surface area (Å²) in [5, 5.41) is 18.2. The molecular formula is C8H8ClNO2. The van der Waals surface area contributed by atoms with E-state index >= 15 is 0 Å². The van der Waals surface area contributed by atoms with E-state index < -0.39 is 0 Å². The van der Waals surface area contributed by atoms with Crippen LogP contribution < -0.4 is 5.48 Å². The maximum atomic E-state index is 9.27. The molecule has 0 aliphatic carbocycles. The average molecular weight is 186 g/mol. The summed E-state index contributed by atoms with van der Waals surface area (Å²) in [7, 11) is 0. The molecule has 0 atom stereocenters. The van der Waals surface area contributed by atoms with Crippen molar-refractivity contribution in [3.8, 4) is 5.75 Å². The van der Waals surface area contributed by atoms with E-state index in [2.05, 4.69) is 6.58 Å². The van der Waals surface area contributed by atoms with Crippen LogP contribution in [-0.4, -0.2) is 10.3 Å². The first-order chi connectivity index (χ1) is 5.65. The van der Waals surface area contributed by atoms with Crippen LogP contribution >= 0.6 is 11.6 Å². The molecule has 0 heterocycles. The first kappa shape index (κ1) is 8.90. The van der Waals surface area contributed by atoms with Gasteiger partial charge in [0.25, 0.3) is 0 Å². The zero-order valence-electron chi connectivity index (χ0n) is 6.21. The number of hydrogen-bond donors (Lipinski definition) is 3. The highest BCUT2D eigenvalue weighted by atomic mass is 35.5. The summed E-state index contributed by atoms with van der Waals surface area (Å²) in [4.78, 5) is 0. The van der Waals surface area contributed by atoms with Crippen LogP contribution in [0.25, 0.3) is 5.70 Å². The lowest BCUT2D eigenvalue weighted by Crippen LogP contribution is -2.03. The minimum atomic E-state index is 0.0194. The molecule has 0 aromatic heterocycles. The van der Waals surface area contributed by atoms with E-state index in [1.54, 1.807) is 6.07 Å². The Balaban J connectivity index is 3.13. The van der Waals surface area contributed by atoms with Gasteiger partial charge in [0.1, 0.15) is 5.75 Å². The van der Waals surface area contributed by atoms with Crippen molar-refractivity contribution in [1.82, 2.24) is 5.48 Å². The Hall–Kier alpha value is -1.19. The second kappa shape index (κ2) is 3.47. The van der Waals surface area contributed by atoms with Crippen LogP contribution in [0.4, 0.5) is 0 Å². The summed E-state index contributed by atoms with van der Waals surface area (Å²) in [6.07, 6.45) is 0. The van der Waals surface area contributed by atoms with Gasteiger partial charge in [0.15, 0.2) is 0 Å². The molecule has 0 radical (unpaired) electrons. The number of phenolic OH excluding ortho intramolecular Hbond substituents is 1. The molecule has 0 aliphatic heterocycles. The first-order valence-corrected chi connectivity index (χ1v) is 3.61. The predicted octanol–water partition coefficient (Wildman–Crippen LogP) is 2.00. The van der Waals surface area contributed by atoms with Gasteiger partial charge >= 0.3 is 0 Å². The van der Waals surface area contributed by atoms with Crippen LogP contribution in [0.2, 0.25) is 5.02 Å². The fraction of sp³-hybridized carbons (Fsp3) is 0. The lowest BCUT2D eigenvalue weighted by atomic mass is 10.1. The molecule has 0 spiro atoms. The maximum Gasteiger partial charge on any atom is 0.125 e. The molecule has 1 aromatic rings. The maximum absolute atomic E-state index is 9.27. The topological polar surface area (TPSA) is 52.5 Å². The van der Waals surface area contributed by atoms with Crippen molar-refractivity contribution in [3.63, 3.8) is 0 Å². The second-order valence-electron chi connectivity index (χ2n) is 2.25. The Morgan fingerprint density at radius 3 is 2.75 bits per heavy atom. The van der Waals surface area contributed by atoms with Gasteiger partial charge in [-0.25, -0.2) is 0 Å². The van der Waals surface area contributed by atoms with Crippen LogP contribution in [0.1, 0.15) is 5.56 Å². The highest BCUT2D eigenvalue weighted by molar-refractivity contribution is 6.30. The lowest BCUT2D eigenvalue weighted by molar-refractivity contribution is 0.224. The second-order valence-corrected chi connectivity index (χ2v) is 2.69. The Morgan fingerprint density at radius 1 is 1.50 bits per heavy atom. The summed E-state index contributed by atoms with van der Waals surface area (Å²) in [6, 6.07) is 4.48. The van der Waals surface area contributed by atoms with Gasteiger partial charge in [-0.1, -0.05) is 18.2 Å². The summed E-state index contributed by atoms with van der Waals surface area (Å²) < 4.78 is 0. The molecule has 12 heavy (non-hydrogen) atoms. The van der Waals surface area contributed by atoms with E-state index in [0.717, 1.165) is 0 Å². The monoisotopic (exact) mass is 185 g/mol. The molecule has 1 rings (SSSR count). The van der Waals surface area contributed by atoms with Crippen LogP contribution in [0, 0.1) is 0 Å². The Labute approximate surface area is 74.9 Å². The van der Waals surface area contributed by atoms with E-state index in [1.807, 2.05) is 5.48 Å². The van der Waals surface area contributed by atoms with Gasteiger partial charge < -0.3 is 5.11 Å². The molecule has 0 saturated carbocycles. The van der Waals surface area contributed by atoms with Gasteiger partial charge in [0, 0.05) is 10.6 Å². The van der Waals surface area contributed by atoms with Gasteiger partial charge in [-0.05, 0) is 18.2 Å². The van der Waals surface area contributed by atoms with Crippen molar-refractivity contribution >= 4 is 17.3 Å². The third-order valence-electron chi connectivity index (χ3n) is 1.42. The fourth-order valence-electron chi connectivity index (χ4n) is 0.810. The third-order valence-corrected chi connectivity index (χ3v) is 1.65. The predicted molar refractivity (Wildman–Crippen MR) is 47.1 cm³/mol. The highest BCUT2D eigenvalue weighted by Gasteiger charge is 2.04. The number of benzene rings is 1. The summed E-state index contributed by atoms with van der Waals surface area (Å²) >= 11 is 5.66. The molecule has 0 bridgehead atoms. The number of aromatic hydroxyl groups is 1. The van der Waals surface area contributed by atoms with Crippen LogP contribution in [0.5, 0.6) is 5.75 Å². The standard InChI is InChI=1S/C8H8ClNO2/c1-5(10-12)7-4-6(9)2-3-8(7)11/h2-4,10-12H,1H2. The van der Waals surface area contributed by atoms with E-state index in [4.69, 9.17) is 16.8 Å². The minimum Gasteiger partial charge on any atom is -0.507 e. The first-order valence-electron chi connectivity index (χ1n) is 3.23. The van der Waals surface area contributed by atoms with Gasteiger partial charge in [0.2, 0.25) is 0 Å². The number of rotatable bonds is 2. The van der Waals surface area contributed by atoms with Crippen molar-refractivity contribution in [2.24, 2.45) is 0 Å². The molecular weight excluding hydrogens is 178 g/mol. The number of halogens is 1. The molecule has 0 fully saturated rings. The number of phenols is 1. The minimum absolute atomic E-state index is 0.0194. The zero-order chi connectivity index (χ0) is 9.14. The van der Waals surface area contributed by atoms with Crippen molar-refractivity contribution in [2.75, 3.05) is 0 Å². The number of hydroxylamine groups is 1. The van der Waals surface area contributed by atoms with Crippen LogP contribution in [0.15, 0.2) is 24.8 Å². The lowest BCUT2D eigenvalue weighted by Gasteiger charge is -2.05. The molecule has 3 N–H and O–H groups in total. The van der Waals surface area contributed by atoms with Crippen molar-refractivity contribution in [3.05, 3.63) is 35.4 Å². The molecule has 0 aliphatic rings. The highest BCUT2D eigenvalue weighted by Crippen LogP contribution is 2.25. The molecule has 4 heteroatoms. The van der Waals surface area contributed by atoms with Crippen molar-refractivity contribution < 1.29 is 10.3 Å².